The second kappa shape index (κ2) is 5.29. The molecule has 0 radical (unpaired) electrons. The van der Waals surface area contributed by atoms with Gasteiger partial charge in [-0.1, -0.05) is 6.07 Å². The fourth-order valence-corrected chi connectivity index (χ4v) is 2.97. The van der Waals surface area contributed by atoms with Crippen molar-refractivity contribution in [1.29, 1.82) is 0 Å². The largest absolute Gasteiger partial charge is 0.497 e. The molecular formula is C16H21N3O. The highest BCUT2D eigenvalue weighted by molar-refractivity contribution is 5.40. The average molecular weight is 271 g/mol. The van der Waals surface area contributed by atoms with Gasteiger partial charge >= 0.3 is 0 Å². The van der Waals surface area contributed by atoms with Crippen molar-refractivity contribution in [2.24, 2.45) is 7.05 Å². The van der Waals surface area contributed by atoms with Crippen LogP contribution in [0.1, 0.15) is 34.8 Å². The fourth-order valence-electron chi connectivity index (χ4n) is 2.97. The molecule has 1 aromatic heterocycles. The Hall–Kier alpha value is -1.81. The summed E-state index contributed by atoms with van der Waals surface area (Å²) in [5, 5.41) is 8.04. The molecule has 4 heteroatoms. The van der Waals surface area contributed by atoms with Gasteiger partial charge in [-0.2, -0.15) is 5.10 Å². The summed E-state index contributed by atoms with van der Waals surface area (Å²) < 4.78 is 7.20. The first-order valence-corrected chi connectivity index (χ1v) is 7.06. The second-order valence-corrected chi connectivity index (χ2v) is 5.45. The Labute approximate surface area is 119 Å². The normalized spacial score (nSPS) is 17.2. The van der Waals surface area contributed by atoms with Crippen LogP contribution in [-0.2, 0) is 20.0 Å². The number of hydrogen-bond acceptors (Lipinski definition) is 3. The van der Waals surface area contributed by atoms with Crippen LogP contribution in [0.25, 0.3) is 0 Å². The SMILES string of the molecule is COc1ccc2c(c1)C(NCc1cn(C)nc1C)CC2. The van der Waals surface area contributed by atoms with Crippen LogP contribution >= 0.6 is 0 Å². The molecule has 2 aromatic rings. The van der Waals surface area contributed by atoms with E-state index < -0.39 is 0 Å². The number of nitrogens with zero attached hydrogens (tertiary/aromatic N) is 2. The molecule has 0 saturated carbocycles. The van der Waals surface area contributed by atoms with Gasteiger partial charge in [0.05, 0.1) is 12.8 Å². The van der Waals surface area contributed by atoms with Crippen molar-refractivity contribution in [2.75, 3.05) is 7.11 Å². The van der Waals surface area contributed by atoms with Crippen LogP contribution < -0.4 is 10.1 Å². The summed E-state index contributed by atoms with van der Waals surface area (Å²) in [4.78, 5) is 0. The molecule has 0 spiro atoms. The molecule has 1 aliphatic rings. The monoisotopic (exact) mass is 271 g/mol. The smallest absolute Gasteiger partial charge is 0.119 e. The number of fused-ring (bicyclic) bond motifs is 1. The molecule has 4 nitrogen and oxygen atoms in total. The number of methoxy groups -OCH3 is 1. The summed E-state index contributed by atoms with van der Waals surface area (Å²) in [6.45, 7) is 2.92. The number of nitrogens with one attached hydrogen (secondary N) is 1. The maximum Gasteiger partial charge on any atom is 0.119 e. The first kappa shape index (κ1) is 13.2. The molecule has 1 aliphatic carbocycles. The van der Waals surface area contributed by atoms with Crippen molar-refractivity contribution >= 4 is 0 Å². The van der Waals surface area contributed by atoms with Gasteiger partial charge in [0.15, 0.2) is 0 Å². The molecule has 1 N–H and O–H groups in total. The Kier molecular flexibility index (Phi) is 3.49. The quantitative estimate of drug-likeness (QED) is 0.928. The molecular weight excluding hydrogens is 250 g/mol. The lowest BCUT2D eigenvalue weighted by molar-refractivity contribution is 0.413. The number of benzene rings is 1. The van der Waals surface area contributed by atoms with E-state index in [-0.39, 0.29) is 0 Å². The van der Waals surface area contributed by atoms with E-state index in [4.69, 9.17) is 4.74 Å². The molecule has 0 fully saturated rings. The van der Waals surface area contributed by atoms with Gasteiger partial charge in [-0.25, -0.2) is 0 Å². The summed E-state index contributed by atoms with van der Waals surface area (Å²) in [5.41, 5.74) is 5.19. The Morgan fingerprint density at radius 2 is 2.30 bits per heavy atom. The minimum Gasteiger partial charge on any atom is -0.497 e. The summed E-state index contributed by atoms with van der Waals surface area (Å²) >= 11 is 0. The maximum atomic E-state index is 5.33. The van der Waals surface area contributed by atoms with Crippen LogP contribution in [0.2, 0.25) is 0 Å². The summed E-state index contributed by atoms with van der Waals surface area (Å²) in [6, 6.07) is 6.81. The lowest BCUT2D eigenvalue weighted by atomic mass is 10.1. The van der Waals surface area contributed by atoms with E-state index in [0.29, 0.717) is 6.04 Å². The van der Waals surface area contributed by atoms with Crippen LogP contribution in [0.4, 0.5) is 0 Å². The molecule has 0 aliphatic heterocycles. The van der Waals surface area contributed by atoms with Crippen molar-refractivity contribution in [2.45, 2.75) is 32.4 Å². The highest BCUT2D eigenvalue weighted by Gasteiger charge is 2.22. The van der Waals surface area contributed by atoms with E-state index in [1.165, 1.54) is 16.7 Å². The van der Waals surface area contributed by atoms with E-state index >= 15 is 0 Å². The van der Waals surface area contributed by atoms with Crippen molar-refractivity contribution in [3.63, 3.8) is 0 Å². The third-order valence-corrected chi connectivity index (χ3v) is 4.08. The summed E-state index contributed by atoms with van der Waals surface area (Å²) in [6.07, 6.45) is 4.38. The topological polar surface area (TPSA) is 39.1 Å². The van der Waals surface area contributed by atoms with Crippen molar-refractivity contribution < 1.29 is 4.74 Å². The Morgan fingerprint density at radius 1 is 1.45 bits per heavy atom. The average Bonchev–Trinajstić information content (AvgIpc) is 2.98. The minimum absolute atomic E-state index is 0.416. The first-order chi connectivity index (χ1) is 9.67. The van der Waals surface area contributed by atoms with Crippen LogP contribution in [-0.4, -0.2) is 16.9 Å². The predicted octanol–water partition coefficient (Wildman–Crippen LogP) is 2.51. The first-order valence-electron chi connectivity index (χ1n) is 7.06. The number of hydrogen-bond donors (Lipinski definition) is 1. The number of aryl methyl sites for hydroxylation is 3. The molecule has 0 saturated heterocycles. The van der Waals surface area contributed by atoms with Crippen molar-refractivity contribution in [3.05, 3.63) is 46.8 Å². The fraction of sp³-hybridized carbons (Fsp3) is 0.438. The van der Waals surface area contributed by atoms with E-state index in [2.05, 4.69) is 35.7 Å². The van der Waals surface area contributed by atoms with Gasteiger partial charge in [0.2, 0.25) is 0 Å². The minimum atomic E-state index is 0.416. The standard InChI is InChI=1S/C16H21N3O/c1-11-13(10-19(2)18-11)9-17-16-7-5-12-4-6-14(20-3)8-15(12)16/h4,6,8,10,16-17H,5,7,9H2,1-3H3. The van der Waals surface area contributed by atoms with Gasteiger partial charge in [0, 0.05) is 31.4 Å². The van der Waals surface area contributed by atoms with Crippen molar-refractivity contribution in [1.82, 2.24) is 15.1 Å². The van der Waals surface area contributed by atoms with Gasteiger partial charge in [-0.05, 0) is 43.0 Å². The molecule has 1 atom stereocenters. The Bertz CT molecular complexity index is 618. The highest BCUT2D eigenvalue weighted by Crippen LogP contribution is 2.33. The van der Waals surface area contributed by atoms with Crippen LogP contribution in [0.5, 0.6) is 5.75 Å². The number of ether oxygens (including phenoxy) is 1. The zero-order chi connectivity index (χ0) is 14.1. The predicted molar refractivity (Wildman–Crippen MR) is 78.8 cm³/mol. The Balaban J connectivity index is 1.73. The lowest BCUT2D eigenvalue weighted by Crippen LogP contribution is -2.18. The molecule has 1 heterocycles. The van der Waals surface area contributed by atoms with E-state index in [1.54, 1.807) is 7.11 Å². The van der Waals surface area contributed by atoms with Gasteiger partial charge in [-0.3, -0.25) is 4.68 Å². The number of aromatic nitrogens is 2. The van der Waals surface area contributed by atoms with E-state index in [1.807, 2.05) is 17.8 Å². The van der Waals surface area contributed by atoms with Crippen molar-refractivity contribution in [3.8, 4) is 5.75 Å². The number of rotatable bonds is 4. The lowest BCUT2D eigenvalue weighted by Gasteiger charge is -2.14. The third kappa shape index (κ3) is 2.43. The summed E-state index contributed by atoms with van der Waals surface area (Å²) in [7, 11) is 3.68. The van der Waals surface area contributed by atoms with Gasteiger partial charge < -0.3 is 10.1 Å². The maximum absolute atomic E-state index is 5.33. The molecule has 1 aromatic carbocycles. The van der Waals surface area contributed by atoms with Gasteiger partial charge in [0.1, 0.15) is 5.75 Å². The molecule has 0 bridgehead atoms. The molecule has 0 amide bonds. The molecule has 1 unspecified atom stereocenters. The second-order valence-electron chi connectivity index (χ2n) is 5.45. The highest BCUT2D eigenvalue weighted by atomic mass is 16.5. The summed E-state index contributed by atoms with van der Waals surface area (Å²) in [5.74, 6) is 0.940. The molecule has 106 valence electrons. The molecule has 3 rings (SSSR count). The van der Waals surface area contributed by atoms with E-state index in [0.717, 1.165) is 30.8 Å². The zero-order valence-electron chi connectivity index (χ0n) is 12.3. The van der Waals surface area contributed by atoms with Crippen LogP contribution in [0.15, 0.2) is 24.4 Å². The zero-order valence-corrected chi connectivity index (χ0v) is 12.3. The van der Waals surface area contributed by atoms with E-state index in [9.17, 15) is 0 Å². The van der Waals surface area contributed by atoms with Gasteiger partial charge in [-0.15, -0.1) is 0 Å². The third-order valence-electron chi connectivity index (χ3n) is 4.08. The van der Waals surface area contributed by atoms with Crippen LogP contribution in [0, 0.1) is 6.92 Å². The molecule has 20 heavy (non-hydrogen) atoms. The van der Waals surface area contributed by atoms with Crippen LogP contribution in [0.3, 0.4) is 0 Å². The van der Waals surface area contributed by atoms with Gasteiger partial charge in [0.25, 0.3) is 0 Å². The Morgan fingerprint density at radius 3 is 3.00 bits per heavy atom.